The highest BCUT2D eigenvalue weighted by molar-refractivity contribution is 7.25. The molecule has 0 aliphatic carbocycles. The van der Waals surface area contributed by atoms with Crippen LogP contribution in [0.15, 0.2) is 127 Å². The van der Waals surface area contributed by atoms with Gasteiger partial charge in [0.05, 0.1) is 34.3 Å². The van der Waals surface area contributed by atoms with Crippen LogP contribution in [0.25, 0.3) is 69.9 Å². The normalized spacial score (nSPS) is 11.3. The maximum Gasteiger partial charge on any atom is 0.0991 e. The summed E-state index contributed by atoms with van der Waals surface area (Å²) < 4.78 is 4.68. The maximum atomic E-state index is 9.63. The Labute approximate surface area is 246 Å². The molecule has 8 rings (SSSR count). The number of nitrogens with zero attached hydrogens (tertiary/aromatic N) is 3. The van der Waals surface area contributed by atoms with Gasteiger partial charge in [0.25, 0.3) is 0 Å². The van der Waals surface area contributed by atoms with Crippen LogP contribution in [0, 0.1) is 22.7 Å². The topological polar surface area (TPSA) is 52.5 Å². The molecule has 0 saturated carbocycles. The Balaban J connectivity index is 1.28. The van der Waals surface area contributed by atoms with Crippen LogP contribution < -0.4 is 0 Å². The van der Waals surface area contributed by atoms with Crippen LogP contribution in [0.5, 0.6) is 0 Å². The second-order valence-electron chi connectivity index (χ2n) is 10.5. The minimum Gasteiger partial charge on any atom is -0.309 e. The van der Waals surface area contributed by atoms with Crippen LogP contribution >= 0.6 is 11.3 Å². The molecule has 8 aromatic rings. The van der Waals surface area contributed by atoms with Crippen molar-refractivity contribution in [1.82, 2.24) is 4.57 Å². The Morgan fingerprint density at radius 3 is 1.69 bits per heavy atom. The smallest absolute Gasteiger partial charge is 0.0991 e. The van der Waals surface area contributed by atoms with Gasteiger partial charge in [0.15, 0.2) is 0 Å². The second kappa shape index (κ2) is 9.46. The van der Waals surface area contributed by atoms with Crippen LogP contribution in [-0.4, -0.2) is 4.57 Å². The fourth-order valence-electron chi connectivity index (χ4n) is 6.03. The van der Waals surface area contributed by atoms with E-state index < -0.39 is 0 Å². The molecule has 0 aliphatic rings. The average Bonchev–Trinajstić information content (AvgIpc) is 3.59. The molecular formula is C38H21N3S. The van der Waals surface area contributed by atoms with Crippen molar-refractivity contribution in [3.8, 4) is 40.1 Å². The van der Waals surface area contributed by atoms with E-state index >= 15 is 0 Å². The highest BCUT2D eigenvalue weighted by Crippen LogP contribution is 2.39. The number of aromatic nitrogens is 1. The zero-order chi connectivity index (χ0) is 28.2. The molecule has 0 unspecified atom stereocenters. The van der Waals surface area contributed by atoms with Crippen LogP contribution in [0.4, 0.5) is 0 Å². The number of rotatable bonds is 3. The molecule has 0 amide bonds. The van der Waals surface area contributed by atoms with Gasteiger partial charge in [-0.15, -0.1) is 11.3 Å². The molecule has 4 heteroatoms. The first-order valence-corrected chi connectivity index (χ1v) is 14.5. The van der Waals surface area contributed by atoms with E-state index in [1.807, 2.05) is 42.5 Å². The summed E-state index contributed by atoms with van der Waals surface area (Å²) in [6.45, 7) is 0. The molecular weight excluding hydrogens is 531 g/mol. The molecule has 42 heavy (non-hydrogen) atoms. The van der Waals surface area contributed by atoms with E-state index in [0.29, 0.717) is 11.1 Å². The van der Waals surface area contributed by atoms with Gasteiger partial charge in [-0.05, 0) is 101 Å². The monoisotopic (exact) mass is 551 g/mol. The summed E-state index contributed by atoms with van der Waals surface area (Å²) in [7, 11) is 0. The number of hydrogen-bond donors (Lipinski definition) is 0. The van der Waals surface area contributed by atoms with Crippen LogP contribution in [0.1, 0.15) is 11.1 Å². The molecule has 3 nitrogen and oxygen atoms in total. The second-order valence-corrected chi connectivity index (χ2v) is 11.5. The van der Waals surface area contributed by atoms with E-state index in [4.69, 9.17) is 0 Å². The van der Waals surface area contributed by atoms with Gasteiger partial charge >= 0.3 is 0 Å². The highest BCUT2D eigenvalue weighted by Gasteiger charge is 2.15. The van der Waals surface area contributed by atoms with E-state index in [1.165, 1.54) is 14.8 Å². The van der Waals surface area contributed by atoms with Crippen molar-refractivity contribution in [2.45, 2.75) is 0 Å². The molecule has 2 aromatic heterocycles. The van der Waals surface area contributed by atoms with Gasteiger partial charge in [0.2, 0.25) is 0 Å². The van der Waals surface area contributed by atoms with E-state index in [0.717, 1.165) is 55.1 Å². The summed E-state index contributed by atoms with van der Waals surface area (Å²) >= 11 is 1.76. The number of thiophene rings is 1. The molecule has 0 atom stereocenters. The molecule has 0 fully saturated rings. The first-order valence-electron chi connectivity index (χ1n) is 13.7. The fourth-order valence-corrected chi connectivity index (χ4v) is 7.10. The number of hydrogen-bond acceptors (Lipinski definition) is 3. The Morgan fingerprint density at radius 1 is 0.452 bits per heavy atom. The number of para-hydroxylation sites is 1. The van der Waals surface area contributed by atoms with E-state index in [-0.39, 0.29) is 0 Å². The minimum absolute atomic E-state index is 0.653. The molecule has 0 N–H and O–H groups in total. The molecule has 6 aromatic carbocycles. The van der Waals surface area contributed by atoms with Crippen molar-refractivity contribution in [1.29, 1.82) is 10.5 Å². The standard InChI is InChI=1S/C38H21N3S/c39-22-24-9-13-35-31(17-24)32-20-28(11-14-36(32)41(35)30-7-2-1-3-8-30)26-5-4-6-27(19-26)29-12-16-38-34(21-29)33-18-25(23-40)10-15-37(33)42-38/h1-21H. The Morgan fingerprint density at radius 2 is 0.976 bits per heavy atom. The Bertz CT molecular complexity index is 2430. The van der Waals surface area contributed by atoms with Crippen LogP contribution in [-0.2, 0) is 0 Å². The predicted molar refractivity (Wildman–Crippen MR) is 174 cm³/mol. The molecule has 0 aliphatic heterocycles. The number of fused-ring (bicyclic) bond motifs is 6. The van der Waals surface area contributed by atoms with Gasteiger partial charge in [-0.3, -0.25) is 0 Å². The lowest BCUT2D eigenvalue weighted by atomic mass is 9.97. The maximum absolute atomic E-state index is 9.63. The van der Waals surface area contributed by atoms with Gasteiger partial charge in [-0.1, -0.05) is 48.5 Å². The molecule has 2 heterocycles. The first-order chi connectivity index (χ1) is 20.7. The SMILES string of the molecule is N#Cc1ccc2sc3ccc(-c4cccc(-c5ccc6c(c5)c5cc(C#N)ccc5n6-c5ccccc5)c4)cc3c2c1. The molecule has 194 valence electrons. The van der Waals surface area contributed by atoms with Crippen molar-refractivity contribution in [2.24, 2.45) is 0 Å². The van der Waals surface area contributed by atoms with Gasteiger partial charge < -0.3 is 4.57 Å². The van der Waals surface area contributed by atoms with Crippen LogP contribution in [0.3, 0.4) is 0 Å². The average molecular weight is 552 g/mol. The van der Waals surface area contributed by atoms with Crippen LogP contribution in [0.2, 0.25) is 0 Å². The fraction of sp³-hybridized carbons (Fsp3) is 0. The van der Waals surface area contributed by atoms with Gasteiger partial charge in [-0.2, -0.15) is 10.5 Å². The van der Waals surface area contributed by atoms with Crippen molar-refractivity contribution in [3.63, 3.8) is 0 Å². The van der Waals surface area contributed by atoms with Crippen molar-refractivity contribution >= 4 is 53.3 Å². The third kappa shape index (κ3) is 3.79. The first kappa shape index (κ1) is 24.1. The summed E-state index contributed by atoms with van der Waals surface area (Å²) in [6.07, 6.45) is 0. The van der Waals surface area contributed by atoms with E-state index in [2.05, 4.69) is 102 Å². The number of benzene rings is 6. The van der Waals surface area contributed by atoms with Gasteiger partial charge in [0, 0.05) is 36.6 Å². The molecule has 0 radical (unpaired) electrons. The molecule has 0 bridgehead atoms. The predicted octanol–water partition coefficient (Wildman–Crippen LogP) is 10.2. The van der Waals surface area contributed by atoms with E-state index in [9.17, 15) is 10.5 Å². The largest absolute Gasteiger partial charge is 0.309 e. The summed E-state index contributed by atoms with van der Waals surface area (Å²) in [4.78, 5) is 0. The van der Waals surface area contributed by atoms with E-state index in [1.54, 1.807) is 11.3 Å². The Kier molecular flexibility index (Phi) is 5.44. The zero-order valence-electron chi connectivity index (χ0n) is 22.4. The van der Waals surface area contributed by atoms with Crippen molar-refractivity contribution < 1.29 is 0 Å². The lowest BCUT2D eigenvalue weighted by molar-refractivity contribution is 1.18. The molecule has 0 saturated heterocycles. The summed E-state index contributed by atoms with van der Waals surface area (Å²) in [6, 6.07) is 48.7. The van der Waals surface area contributed by atoms with Crippen molar-refractivity contribution in [2.75, 3.05) is 0 Å². The lowest BCUT2D eigenvalue weighted by Crippen LogP contribution is -1.93. The highest BCUT2D eigenvalue weighted by atomic mass is 32.1. The summed E-state index contributed by atoms with van der Waals surface area (Å²) in [5, 5.41) is 23.6. The minimum atomic E-state index is 0.653. The van der Waals surface area contributed by atoms with Gasteiger partial charge in [-0.25, -0.2) is 0 Å². The zero-order valence-corrected chi connectivity index (χ0v) is 23.2. The summed E-state index contributed by atoms with van der Waals surface area (Å²) in [5.41, 5.74) is 9.16. The number of nitriles is 2. The quantitative estimate of drug-likeness (QED) is 0.219. The van der Waals surface area contributed by atoms with Crippen molar-refractivity contribution in [3.05, 3.63) is 139 Å². The summed E-state index contributed by atoms with van der Waals surface area (Å²) in [5.74, 6) is 0. The van der Waals surface area contributed by atoms with Gasteiger partial charge in [0.1, 0.15) is 0 Å². The molecule has 0 spiro atoms. The third-order valence-electron chi connectivity index (χ3n) is 8.04. The lowest BCUT2D eigenvalue weighted by Gasteiger charge is -2.09. The third-order valence-corrected chi connectivity index (χ3v) is 9.19. The Hall–Kier alpha value is -5.68.